The summed E-state index contributed by atoms with van der Waals surface area (Å²) in [6, 6.07) is 11.6. The molecule has 3 aromatic rings. The van der Waals surface area contributed by atoms with E-state index in [0.717, 1.165) is 27.9 Å². The first-order chi connectivity index (χ1) is 10.4. The van der Waals surface area contributed by atoms with Crippen LogP contribution < -0.4 is 4.74 Å². The smallest absolute Gasteiger partial charge is 0.214 e. The third-order valence-corrected chi connectivity index (χ3v) is 3.84. The van der Waals surface area contributed by atoms with Gasteiger partial charge in [-0.25, -0.2) is 0 Å². The van der Waals surface area contributed by atoms with Gasteiger partial charge in [-0.15, -0.1) is 5.10 Å². The number of benzene rings is 1. The number of pyridine rings is 1. The summed E-state index contributed by atoms with van der Waals surface area (Å²) in [5.74, 6) is 1.57. The lowest BCUT2D eigenvalue weighted by molar-refractivity contribution is 0.414. The molecule has 2 heterocycles. The number of hydrogen-bond acceptors (Lipinski definition) is 6. The SMILES string of the molecule is COc1ccc(-n2nnnc2SCc2cccnc2)cc1. The molecule has 21 heavy (non-hydrogen) atoms. The van der Waals surface area contributed by atoms with Crippen LogP contribution in [0, 0.1) is 0 Å². The lowest BCUT2D eigenvalue weighted by atomic mass is 10.3. The van der Waals surface area contributed by atoms with Crippen LogP contribution in [0.15, 0.2) is 53.9 Å². The van der Waals surface area contributed by atoms with E-state index in [1.807, 2.05) is 42.6 Å². The zero-order chi connectivity index (χ0) is 14.5. The lowest BCUT2D eigenvalue weighted by Gasteiger charge is -2.05. The van der Waals surface area contributed by atoms with Crippen LogP contribution in [0.4, 0.5) is 0 Å². The molecule has 7 heteroatoms. The molecule has 0 spiro atoms. The number of nitrogens with zero attached hydrogens (tertiary/aromatic N) is 5. The number of tetrazole rings is 1. The molecule has 0 radical (unpaired) electrons. The van der Waals surface area contributed by atoms with E-state index in [1.54, 1.807) is 29.8 Å². The summed E-state index contributed by atoms with van der Waals surface area (Å²) in [6.07, 6.45) is 3.60. The number of methoxy groups -OCH3 is 1. The van der Waals surface area contributed by atoms with Crippen molar-refractivity contribution in [2.75, 3.05) is 7.11 Å². The zero-order valence-corrected chi connectivity index (χ0v) is 12.2. The van der Waals surface area contributed by atoms with Gasteiger partial charge in [-0.2, -0.15) is 4.68 Å². The monoisotopic (exact) mass is 299 g/mol. The second-order valence-corrected chi connectivity index (χ2v) is 5.16. The van der Waals surface area contributed by atoms with Crippen molar-refractivity contribution in [3.63, 3.8) is 0 Å². The van der Waals surface area contributed by atoms with Gasteiger partial charge < -0.3 is 4.74 Å². The summed E-state index contributed by atoms with van der Waals surface area (Å²) in [7, 11) is 1.64. The van der Waals surface area contributed by atoms with Crippen LogP contribution in [0.5, 0.6) is 5.75 Å². The molecule has 0 aliphatic rings. The number of ether oxygens (including phenoxy) is 1. The van der Waals surface area contributed by atoms with Crippen molar-refractivity contribution in [3.8, 4) is 11.4 Å². The molecule has 0 saturated heterocycles. The van der Waals surface area contributed by atoms with Crippen molar-refractivity contribution in [1.82, 2.24) is 25.2 Å². The molecule has 0 aliphatic carbocycles. The maximum Gasteiger partial charge on any atom is 0.214 e. The molecule has 0 unspecified atom stereocenters. The topological polar surface area (TPSA) is 65.7 Å². The number of aromatic nitrogens is 5. The van der Waals surface area contributed by atoms with Crippen molar-refractivity contribution in [2.45, 2.75) is 10.9 Å². The first-order valence-corrected chi connectivity index (χ1v) is 7.30. The predicted molar refractivity (Wildman–Crippen MR) is 79.5 cm³/mol. The van der Waals surface area contributed by atoms with Gasteiger partial charge in [-0.1, -0.05) is 17.8 Å². The van der Waals surface area contributed by atoms with E-state index in [2.05, 4.69) is 20.5 Å². The summed E-state index contributed by atoms with van der Waals surface area (Å²) in [4.78, 5) is 4.10. The highest BCUT2D eigenvalue weighted by molar-refractivity contribution is 7.98. The van der Waals surface area contributed by atoms with Crippen LogP contribution in [-0.4, -0.2) is 32.3 Å². The summed E-state index contributed by atoms with van der Waals surface area (Å²) in [6.45, 7) is 0. The van der Waals surface area contributed by atoms with E-state index in [1.165, 1.54) is 0 Å². The fourth-order valence-electron chi connectivity index (χ4n) is 1.79. The molecule has 0 aliphatic heterocycles. The molecule has 0 amide bonds. The van der Waals surface area contributed by atoms with Crippen LogP contribution >= 0.6 is 11.8 Å². The Kier molecular flexibility index (Phi) is 4.11. The van der Waals surface area contributed by atoms with Gasteiger partial charge in [0.15, 0.2) is 0 Å². The Bertz CT molecular complexity index is 699. The third-order valence-electron chi connectivity index (χ3n) is 2.85. The molecular formula is C14H13N5OS. The van der Waals surface area contributed by atoms with Gasteiger partial charge >= 0.3 is 0 Å². The average Bonchev–Trinajstić information content (AvgIpc) is 3.02. The Labute approximate surface area is 126 Å². The van der Waals surface area contributed by atoms with Crippen LogP contribution in [0.1, 0.15) is 5.56 Å². The first-order valence-electron chi connectivity index (χ1n) is 6.31. The van der Waals surface area contributed by atoms with Gasteiger partial charge in [0.2, 0.25) is 5.16 Å². The standard InChI is InChI=1S/C14H13N5OS/c1-20-13-6-4-12(5-7-13)19-14(16-17-18-19)21-10-11-3-2-8-15-9-11/h2-9H,10H2,1H3. The molecule has 106 valence electrons. The van der Waals surface area contributed by atoms with Gasteiger partial charge in [0, 0.05) is 18.1 Å². The van der Waals surface area contributed by atoms with Crippen molar-refractivity contribution in [3.05, 3.63) is 54.4 Å². The van der Waals surface area contributed by atoms with Crippen LogP contribution in [0.2, 0.25) is 0 Å². The highest BCUT2D eigenvalue weighted by Gasteiger charge is 2.09. The van der Waals surface area contributed by atoms with E-state index in [9.17, 15) is 0 Å². The maximum atomic E-state index is 5.15. The molecule has 0 bridgehead atoms. The minimum Gasteiger partial charge on any atom is -0.497 e. The first kappa shape index (κ1) is 13.6. The van der Waals surface area contributed by atoms with Gasteiger partial charge in [0.1, 0.15) is 5.75 Å². The van der Waals surface area contributed by atoms with Crippen LogP contribution in [0.3, 0.4) is 0 Å². The summed E-state index contributed by atoms with van der Waals surface area (Å²) in [5, 5.41) is 12.6. The van der Waals surface area contributed by atoms with Gasteiger partial charge in [0.25, 0.3) is 0 Å². The molecule has 0 saturated carbocycles. The summed E-state index contributed by atoms with van der Waals surface area (Å²) >= 11 is 1.57. The fourth-order valence-corrected chi connectivity index (χ4v) is 2.61. The summed E-state index contributed by atoms with van der Waals surface area (Å²) in [5.41, 5.74) is 2.03. The third kappa shape index (κ3) is 3.19. The van der Waals surface area contributed by atoms with E-state index in [4.69, 9.17) is 4.74 Å². The van der Waals surface area contributed by atoms with E-state index >= 15 is 0 Å². The van der Waals surface area contributed by atoms with Gasteiger partial charge in [-0.05, 0) is 46.3 Å². The quantitative estimate of drug-likeness (QED) is 0.674. The molecule has 2 aromatic heterocycles. The minimum atomic E-state index is 0.740. The van der Waals surface area contributed by atoms with E-state index in [-0.39, 0.29) is 0 Å². The second kappa shape index (κ2) is 6.36. The summed E-state index contributed by atoms with van der Waals surface area (Å²) < 4.78 is 6.86. The second-order valence-electron chi connectivity index (χ2n) is 4.22. The molecule has 0 atom stereocenters. The number of rotatable bonds is 5. The Morgan fingerprint density at radius 3 is 2.76 bits per heavy atom. The molecule has 0 N–H and O–H groups in total. The minimum absolute atomic E-state index is 0.740. The zero-order valence-electron chi connectivity index (χ0n) is 11.4. The van der Waals surface area contributed by atoms with Crippen molar-refractivity contribution >= 4 is 11.8 Å². The van der Waals surface area contributed by atoms with Crippen molar-refractivity contribution < 1.29 is 4.74 Å². The lowest BCUT2D eigenvalue weighted by Crippen LogP contribution is -1.99. The van der Waals surface area contributed by atoms with Crippen LogP contribution in [-0.2, 0) is 5.75 Å². The number of hydrogen-bond donors (Lipinski definition) is 0. The molecule has 3 rings (SSSR count). The normalized spacial score (nSPS) is 10.5. The maximum absolute atomic E-state index is 5.15. The predicted octanol–water partition coefficient (Wildman–Crippen LogP) is 2.36. The molecular weight excluding hydrogens is 286 g/mol. The molecule has 6 nitrogen and oxygen atoms in total. The Morgan fingerprint density at radius 2 is 2.05 bits per heavy atom. The van der Waals surface area contributed by atoms with Crippen molar-refractivity contribution in [2.24, 2.45) is 0 Å². The Balaban J connectivity index is 1.77. The highest BCUT2D eigenvalue weighted by atomic mass is 32.2. The van der Waals surface area contributed by atoms with E-state index in [0.29, 0.717) is 0 Å². The number of thioether (sulfide) groups is 1. The van der Waals surface area contributed by atoms with Gasteiger partial charge in [-0.3, -0.25) is 4.98 Å². The van der Waals surface area contributed by atoms with Crippen molar-refractivity contribution in [1.29, 1.82) is 0 Å². The van der Waals surface area contributed by atoms with Gasteiger partial charge in [0.05, 0.1) is 12.8 Å². The largest absolute Gasteiger partial charge is 0.497 e. The molecule has 0 fully saturated rings. The fraction of sp³-hybridized carbons (Fsp3) is 0.143. The Hall–Kier alpha value is -2.41. The van der Waals surface area contributed by atoms with E-state index < -0.39 is 0 Å². The highest BCUT2D eigenvalue weighted by Crippen LogP contribution is 2.23. The van der Waals surface area contributed by atoms with Crippen LogP contribution in [0.25, 0.3) is 5.69 Å². The molecule has 1 aromatic carbocycles. The average molecular weight is 299 g/mol. The Morgan fingerprint density at radius 1 is 1.19 bits per heavy atom.